The summed E-state index contributed by atoms with van der Waals surface area (Å²) in [6.07, 6.45) is 1.03. The van der Waals surface area contributed by atoms with E-state index in [0.29, 0.717) is 4.90 Å². The number of hydrogen-bond acceptors (Lipinski definition) is 3. The molecule has 0 radical (unpaired) electrons. The monoisotopic (exact) mass is 245 g/mol. The smallest absolute Gasteiger partial charge is 0.214 e. The third-order valence-electron chi connectivity index (χ3n) is 1.87. The molecule has 84 valence electrons. The number of sulfonamides is 1. The van der Waals surface area contributed by atoms with Crippen molar-refractivity contribution in [3.63, 3.8) is 0 Å². The maximum atomic E-state index is 11.7. The van der Waals surface area contributed by atoms with Crippen molar-refractivity contribution in [3.8, 4) is 0 Å². The molecule has 0 atom stereocenters. The standard InChI is InChI=1S/C10H15NO2S2/c1-3-8-14-9-6-4-5-7-10(9)15(12,13)11-2/h4-7,11H,3,8H2,1-2H3. The summed E-state index contributed by atoms with van der Waals surface area (Å²) in [4.78, 5) is 1.18. The maximum absolute atomic E-state index is 11.7. The molecule has 1 aromatic rings. The van der Waals surface area contributed by atoms with Crippen LogP contribution in [0.3, 0.4) is 0 Å². The van der Waals surface area contributed by atoms with Crippen LogP contribution in [0.5, 0.6) is 0 Å². The minimum absolute atomic E-state index is 0.367. The molecule has 0 saturated carbocycles. The van der Waals surface area contributed by atoms with Crippen molar-refractivity contribution in [1.82, 2.24) is 4.72 Å². The Kier molecular flexibility index (Phi) is 4.63. The number of thioether (sulfide) groups is 1. The predicted octanol–water partition coefficient (Wildman–Crippen LogP) is 2.10. The summed E-state index contributed by atoms with van der Waals surface area (Å²) in [5.41, 5.74) is 0. The molecule has 0 aliphatic heterocycles. The van der Waals surface area contributed by atoms with E-state index in [1.165, 1.54) is 7.05 Å². The van der Waals surface area contributed by atoms with E-state index in [1.54, 1.807) is 23.9 Å². The van der Waals surface area contributed by atoms with Gasteiger partial charge in [0.15, 0.2) is 0 Å². The fourth-order valence-corrected chi connectivity index (χ4v) is 3.24. The first kappa shape index (κ1) is 12.5. The van der Waals surface area contributed by atoms with Gasteiger partial charge in [0.25, 0.3) is 0 Å². The largest absolute Gasteiger partial charge is 0.241 e. The SMILES string of the molecule is CCCSc1ccccc1S(=O)(=O)NC. The molecule has 0 aliphatic carbocycles. The predicted molar refractivity (Wildman–Crippen MR) is 63.7 cm³/mol. The van der Waals surface area contributed by atoms with E-state index in [0.717, 1.165) is 17.1 Å². The zero-order valence-electron chi connectivity index (χ0n) is 8.86. The summed E-state index contributed by atoms with van der Waals surface area (Å²) in [7, 11) is -1.90. The van der Waals surface area contributed by atoms with Crippen molar-refractivity contribution in [3.05, 3.63) is 24.3 Å². The van der Waals surface area contributed by atoms with E-state index >= 15 is 0 Å². The topological polar surface area (TPSA) is 46.2 Å². The first-order valence-electron chi connectivity index (χ1n) is 4.77. The molecular formula is C10H15NO2S2. The van der Waals surface area contributed by atoms with Crippen LogP contribution in [0.25, 0.3) is 0 Å². The minimum atomic E-state index is -3.33. The second-order valence-corrected chi connectivity index (χ2v) is 5.99. The van der Waals surface area contributed by atoms with Gasteiger partial charge >= 0.3 is 0 Å². The van der Waals surface area contributed by atoms with Gasteiger partial charge in [-0.2, -0.15) is 0 Å². The van der Waals surface area contributed by atoms with Crippen LogP contribution >= 0.6 is 11.8 Å². The van der Waals surface area contributed by atoms with Crippen molar-refractivity contribution >= 4 is 21.8 Å². The highest BCUT2D eigenvalue weighted by Gasteiger charge is 2.15. The molecule has 0 fully saturated rings. The van der Waals surface area contributed by atoms with Gasteiger partial charge in [-0.05, 0) is 31.4 Å². The molecule has 0 spiro atoms. The molecule has 0 amide bonds. The highest BCUT2D eigenvalue weighted by Crippen LogP contribution is 2.26. The Balaban J connectivity index is 3.07. The average Bonchev–Trinajstić information content (AvgIpc) is 2.26. The van der Waals surface area contributed by atoms with Gasteiger partial charge in [0, 0.05) is 4.90 Å². The fourth-order valence-electron chi connectivity index (χ4n) is 1.11. The summed E-state index contributed by atoms with van der Waals surface area (Å²) in [5.74, 6) is 0.927. The zero-order valence-corrected chi connectivity index (χ0v) is 10.5. The third-order valence-corrected chi connectivity index (χ3v) is 4.75. The molecule has 5 heteroatoms. The summed E-state index contributed by atoms with van der Waals surface area (Å²) < 4.78 is 25.7. The Morgan fingerprint density at radius 2 is 2.00 bits per heavy atom. The van der Waals surface area contributed by atoms with Gasteiger partial charge in [-0.25, -0.2) is 13.1 Å². The Bertz CT molecular complexity index is 415. The van der Waals surface area contributed by atoms with Crippen LogP contribution in [0, 0.1) is 0 Å². The van der Waals surface area contributed by atoms with Gasteiger partial charge in [0.1, 0.15) is 0 Å². The summed E-state index contributed by atoms with van der Waals surface area (Å²) in [6, 6.07) is 7.06. The maximum Gasteiger partial charge on any atom is 0.241 e. The van der Waals surface area contributed by atoms with E-state index in [1.807, 2.05) is 12.1 Å². The van der Waals surface area contributed by atoms with Gasteiger partial charge in [-0.1, -0.05) is 19.1 Å². The Morgan fingerprint density at radius 1 is 1.33 bits per heavy atom. The van der Waals surface area contributed by atoms with Gasteiger partial charge in [-0.3, -0.25) is 0 Å². The Labute approximate surface area is 95.3 Å². The second kappa shape index (κ2) is 5.53. The van der Waals surface area contributed by atoms with Gasteiger partial charge in [-0.15, -0.1) is 11.8 Å². The molecule has 0 unspecified atom stereocenters. The molecule has 0 heterocycles. The minimum Gasteiger partial charge on any atom is -0.214 e. The van der Waals surface area contributed by atoms with Crippen LogP contribution < -0.4 is 4.72 Å². The zero-order chi connectivity index (χ0) is 11.3. The quantitative estimate of drug-likeness (QED) is 0.808. The van der Waals surface area contributed by atoms with E-state index < -0.39 is 10.0 Å². The number of rotatable bonds is 5. The molecule has 1 aromatic carbocycles. The normalized spacial score (nSPS) is 11.6. The Hall–Kier alpha value is -0.520. The van der Waals surface area contributed by atoms with Crippen molar-refractivity contribution < 1.29 is 8.42 Å². The molecular weight excluding hydrogens is 230 g/mol. The Morgan fingerprint density at radius 3 is 2.60 bits per heavy atom. The lowest BCUT2D eigenvalue weighted by molar-refractivity contribution is 0.586. The van der Waals surface area contributed by atoms with E-state index in [-0.39, 0.29) is 0 Å². The second-order valence-electron chi connectivity index (χ2n) is 3.00. The van der Waals surface area contributed by atoms with Crippen LogP contribution in [0.4, 0.5) is 0 Å². The van der Waals surface area contributed by atoms with Crippen LogP contribution in [0.15, 0.2) is 34.1 Å². The van der Waals surface area contributed by atoms with Crippen molar-refractivity contribution in [2.75, 3.05) is 12.8 Å². The summed E-state index contributed by atoms with van der Waals surface area (Å²) >= 11 is 1.57. The molecule has 0 saturated heterocycles. The third kappa shape index (κ3) is 3.22. The molecule has 1 rings (SSSR count). The lowest BCUT2D eigenvalue weighted by Gasteiger charge is -2.08. The molecule has 0 aromatic heterocycles. The van der Waals surface area contributed by atoms with Crippen LogP contribution in [0.1, 0.15) is 13.3 Å². The average molecular weight is 245 g/mol. The highest BCUT2D eigenvalue weighted by atomic mass is 32.2. The summed E-state index contributed by atoms with van der Waals surface area (Å²) in [5, 5.41) is 0. The van der Waals surface area contributed by atoms with Gasteiger partial charge in [0.2, 0.25) is 10.0 Å². The highest BCUT2D eigenvalue weighted by molar-refractivity contribution is 8.00. The lowest BCUT2D eigenvalue weighted by Crippen LogP contribution is -2.19. The first-order chi connectivity index (χ1) is 7.11. The van der Waals surface area contributed by atoms with E-state index in [4.69, 9.17) is 0 Å². The van der Waals surface area contributed by atoms with E-state index in [2.05, 4.69) is 11.6 Å². The fraction of sp³-hybridized carbons (Fsp3) is 0.400. The van der Waals surface area contributed by atoms with Crippen LogP contribution in [-0.2, 0) is 10.0 Å². The first-order valence-corrected chi connectivity index (χ1v) is 7.24. The molecule has 0 aliphatic rings. The van der Waals surface area contributed by atoms with Gasteiger partial charge < -0.3 is 0 Å². The molecule has 15 heavy (non-hydrogen) atoms. The van der Waals surface area contributed by atoms with Crippen molar-refractivity contribution in [2.24, 2.45) is 0 Å². The number of hydrogen-bond donors (Lipinski definition) is 1. The summed E-state index contributed by atoms with van der Waals surface area (Å²) in [6.45, 7) is 2.07. The lowest BCUT2D eigenvalue weighted by atomic mass is 10.4. The van der Waals surface area contributed by atoms with Gasteiger partial charge in [0.05, 0.1) is 4.90 Å². The van der Waals surface area contributed by atoms with Crippen LogP contribution in [0.2, 0.25) is 0 Å². The molecule has 3 nitrogen and oxygen atoms in total. The van der Waals surface area contributed by atoms with Crippen LogP contribution in [-0.4, -0.2) is 21.2 Å². The molecule has 1 N–H and O–H groups in total. The van der Waals surface area contributed by atoms with Crippen molar-refractivity contribution in [1.29, 1.82) is 0 Å². The van der Waals surface area contributed by atoms with E-state index in [9.17, 15) is 8.42 Å². The number of nitrogens with one attached hydrogen (secondary N) is 1. The molecule has 0 bridgehead atoms. The number of benzene rings is 1. The van der Waals surface area contributed by atoms with Crippen molar-refractivity contribution in [2.45, 2.75) is 23.1 Å².